The number of piperidine rings is 1. The van der Waals surface area contributed by atoms with Crippen LogP contribution in [0, 0.1) is 0 Å². The molecule has 1 fully saturated rings. The monoisotopic (exact) mass is 356 g/mol. The SMILES string of the molecule is Cl.O=C(CCCc1nc(-c2cccs2)no1)NC1CCNCC1. The molecule has 23 heavy (non-hydrogen) atoms. The smallest absolute Gasteiger partial charge is 0.226 e. The maximum atomic E-state index is 11.9. The summed E-state index contributed by atoms with van der Waals surface area (Å²) in [5.41, 5.74) is 0. The number of nitrogens with one attached hydrogen (secondary N) is 2. The van der Waals surface area contributed by atoms with E-state index >= 15 is 0 Å². The Morgan fingerprint density at radius 2 is 2.26 bits per heavy atom. The van der Waals surface area contributed by atoms with E-state index < -0.39 is 0 Å². The van der Waals surface area contributed by atoms with Gasteiger partial charge in [0.05, 0.1) is 4.88 Å². The molecule has 8 heteroatoms. The predicted molar refractivity (Wildman–Crippen MR) is 91.8 cm³/mol. The molecular formula is C15H21ClN4O2S. The van der Waals surface area contributed by atoms with Gasteiger partial charge in [-0.15, -0.1) is 23.7 Å². The van der Waals surface area contributed by atoms with Crippen molar-refractivity contribution in [3.8, 4) is 10.7 Å². The van der Waals surface area contributed by atoms with Crippen molar-refractivity contribution in [2.45, 2.75) is 38.1 Å². The van der Waals surface area contributed by atoms with Gasteiger partial charge in [-0.3, -0.25) is 4.79 Å². The first kappa shape index (κ1) is 17.9. The van der Waals surface area contributed by atoms with E-state index in [1.807, 2.05) is 17.5 Å². The Morgan fingerprint density at radius 1 is 1.43 bits per heavy atom. The maximum absolute atomic E-state index is 11.9. The van der Waals surface area contributed by atoms with E-state index in [1.54, 1.807) is 11.3 Å². The van der Waals surface area contributed by atoms with Gasteiger partial charge in [-0.25, -0.2) is 0 Å². The highest BCUT2D eigenvalue weighted by Crippen LogP contribution is 2.21. The Morgan fingerprint density at radius 3 is 3.00 bits per heavy atom. The molecule has 0 bridgehead atoms. The third-order valence-electron chi connectivity index (χ3n) is 3.71. The van der Waals surface area contributed by atoms with Crippen LogP contribution >= 0.6 is 23.7 Å². The zero-order valence-corrected chi connectivity index (χ0v) is 14.4. The molecule has 0 unspecified atom stereocenters. The van der Waals surface area contributed by atoms with E-state index in [-0.39, 0.29) is 18.3 Å². The molecule has 2 aromatic rings. The minimum Gasteiger partial charge on any atom is -0.353 e. The van der Waals surface area contributed by atoms with Crippen molar-refractivity contribution < 1.29 is 9.32 Å². The lowest BCUT2D eigenvalue weighted by Crippen LogP contribution is -2.42. The molecule has 1 aliphatic heterocycles. The van der Waals surface area contributed by atoms with Gasteiger partial charge in [0.1, 0.15) is 0 Å². The van der Waals surface area contributed by atoms with E-state index in [9.17, 15) is 4.79 Å². The number of hydrogen-bond acceptors (Lipinski definition) is 6. The average molecular weight is 357 g/mol. The summed E-state index contributed by atoms with van der Waals surface area (Å²) in [5.74, 6) is 1.34. The van der Waals surface area contributed by atoms with E-state index in [2.05, 4.69) is 20.8 Å². The standard InChI is InChI=1S/C15H20N4O2S.ClH/c20-13(17-11-6-8-16-9-7-11)4-1-5-14-18-15(19-21-14)12-3-2-10-22-12;/h2-3,10-11,16H,1,4-9H2,(H,17,20);1H. The fraction of sp³-hybridized carbons (Fsp3) is 0.533. The average Bonchev–Trinajstić information content (AvgIpc) is 3.19. The van der Waals surface area contributed by atoms with E-state index in [1.165, 1.54) is 0 Å². The van der Waals surface area contributed by atoms with Crippen LogP contribution in [0.25, 0.3) is 10.7 Å². The number of rotatable bonds is 6. The molecule has 0 spiro atoms. The van der Waals surface area contributed by atoms with Crippen LogP contribution < -0.4 is 10.6 Å². The molecule has 2 N–H and O–H groups in total. The van der Waals surface area contributed by atoms with Crippen LogP contribution in [0.2, 0.25) is 0 Å². The van der Waals surface area contributed by atoms with Crippen molar-refractivity contribution in [2.75, 3.05) is 13.1 Å². The van der Waals surface area contributed by atoms with E-state index in [0.29, 0.717) is 30.6 Å². The van der Waals surface area contributed by atoms with Crippen LogP contribution in [-0.2, 0) is 11.2 Å². The predicted octanol–water partition coefficient (Wildman–Crippen LogP) is 2.41. The molecule has 0 aliphatic carbocycles. The van der Waals surface area contributed by atoms with Crippen molar-refractivity contribution in [1.82, 2.24) is 20.8 Å². The minimum atomic E-state index is 0. The number of aryl methyl sites for hydroxylation is 1. The summed E-state index contributed by atoms with van der Waals surface area (Å²) in [6, 6.07) is 4.25. The summed E-state index contributed by atoms with van der Waals surface area (Å²) in [4.78, 5) is 17.3. The van der Waals surface area contributed by atoms with Crippen LogP contribution in [0.4, 0.5) is 0 Å². The molecule has 3 rings (SSSR count). The molecule has 0 atom stereocenters. The van der Waals surface area contributed by atoms with E-state index in [0.717, 1.165) is 37.2 Å². The second-order valence-corrected chi connectivity index (χ2v) is 6.38. The van der Waals surface area contributed by atoms with Crippen molar-refractivity contribution in [1.29, 1.82) is 0 Å². The summed E-state index contributed by atoms with van der Waals surface area (Å²) in [7, 11) is 0. The highest BCUT2D eigenvalue weighted by Gasteiger charge is 2.15. The number of halogens is 1. The van der Waals surface area contributed by atoms with Crippen molar-refractivity contribution in [2.24, 2.45) is 0 Å². The first-order valence-electron chi connectivity index (χ1n) is 7.68. The Labute approximate surface area is 145 Å². The Hall–Kier alpha value is -1.44. The number of aromatic nitrogens is 2. The van der Waals surface area contributed by atoms with Gasteiger partial charge in [0.15, 0.2) is 0 Å². The van der Waals surface area contributed by atoms with Gasteiger partial charge in [0.25, 0.3) is 0 Å². The second kappa shape index (κ2) is 9.00. The van der Waals surface area contributed by atoms with Crippen LogP contribution in [0.15, 0.2) is 22.0 Å². The van der Waals surface area contributed by atoms with Gasteiger partial charge in [0, 0.05) is 18.9 Å². The zero-order valence-electron chi connectivity index (χ0n) is 12.8. The third-order valence-corrected chi connectivity index (χ3v) is 4.57. The molecule has 3 heterocycles. The van der Waals surface area contributed by atoms with Gasteiger partial charge in [-0.2, -0.15) is 4.98 Å². The molecule has 6 nitrogen and oxygen atoms in total. The number of amides is 1. The van der Waals surface area contributed by atoms with Crippen molar-refractivity contribution in [3.05, 3.63) is 23.4 Å². The summed E-state index contributed by atoms with van der Waals surface area (Å²) in [6.45, 7) is 1.97. The largest absolute Gasteiger partial charge is 0.353 e. The summed E-state index contributed by atoms with van der Waals surface area (Å²) >= 11 is 1.58. The molecule has 1 amide bonds. The Kier molecular flexibility index (Phi) is 7.01. The minimum absolute atomic E-state index is 0. The number of hydrogen-bond donors (Lipinski definition) is 2. The van der Waals surface area contributed by atoms with Crippen molar-refractivity contribution in [3.63, 3.8) is 0 Å². The Bertz CT molecular complexity index is 596. The number of thiophene rings is 1. The first-order valence-corrected chi connectivity index (χ1v) is 8.56. The quantitative estimate of drug-likeness (QED) is 0.830. The fourth-order valence-electron chi connectivity index (χ4n) is 2.53. The number of carbonyl (C=O) groups excluding carboxylic acids is 1. The lowest BCUT2D eigenvalue weighted by molar-refractivity contribution is -0.122. The molecule has 0 saturated carbocycles. The molecule has 0 radical (unpaired) electrons. The molecule has 126 valence electrons. The summed E-state index contributed by atoms with van der Waals surface area (Å²) in [6.07, 6.45) is 3.89. The highest BCUT2D eigenvalue weighted by atomic mass is 35.5. The van der Waals surface area contributed by atoms with Crippen molar-refractivity contribution >= 4 is 29.7 Å². The summed E-state index contributed by atoms with van der Waals surface area (Å²) in [5, 5.41) is 12.3. The third kappa shape index (κ3) is 5.30. The van der Waals surface area contributed by atoms with Crippen LogP contribution in [0.3, 0.4) is 0 Å². The van der Waals surface area contributed by atoms with Gasteiger partial charge in [-0.1, -0.05) is 11.2 Å². The maximum Gasteiger partial charge on any atom is 0.226 e. The topological polar surface area (TPSA) is 80.0 Å². The van der Waals surface area contributed by atoms with Crippen LogP contribution in [-0.4, -0.2) is 35.2 Å². The lowest BCUT2D eigenvalue weighted by atomic mass is 10.1. The molecule has 1 saturated heterocycles. The van der Waals surface area contributed by atoms with Gasteiger partial charge in [-0.05, 0) is 43.8 Å². The molecule has 1 aliphatic rings. The summed E-state index contributed by atoms with van der Waals surface area (Å²) < 4.78 is 5.23. The fourth-order valence-corrected chi connectivity index (χ4v) is 3.18. The molecule has 2 aromatic heterocycles. The van der Waals surface area contributed by atoms with Gasteiger partial charge >= 0.3 is 0 Å². The van der Waals surface area contributed by atoms with Crippen LogP contribution in [0.1, 0.15) is 31.6 Å². The lowest BCUT2D eigenvalue weighted by Gasteiger charge is -2.23. The molecular weight excluding hydrogens is 336 g/mol. The second-order valence-electron chi connectivity index (χ2n) is 5.43. The highest BCUT2D eigenvalue weighted by molar-refractivity contribution is 7.13. The van der Waals surface area contributed by atoms with E-state index in [4.69, 9.17) is 4.52 Å². The zero-order chi connectivity index (χ0) is 15.2. The van der Waals surface area contributed by atoms with Crippen LogP contribution in [0.5, 0.6) is 0 Å². The first-order chi connectivity index (χ1) is 10.8. The number of carbonyl (C=O) groups is 1. The normalized spacial score (nSPS) is 15.1. The Balaban J connectivity index is 0.00000192. The van der Waals surface area contributed by atoms with Gasteiger partial charge in [0.2, 0.25) is 17.6 Å². The molecule has 0 aromatic carbocycles. The number of nitrogens with zero attached hydrogens (tertiary/aromatic N) is 2. The van der Waals surface area contributed by atoms with Gasteiger partial charge < -0.3 is 15.2 Å².